The average molecular weight is 516 g/mol. The number of nitro benzene ring substituents is 1. The minimum Gasteiger partial charge on any atom is -0.496 e. The molecule has 0 bridgehead atoms. The molecule has 5 rings (SSSR count). The fourth-order valence-electron chi connectivity index (χ4n) is 4.49. The number of hydrogen-bond donors (Lipinski definition) is 1. The first-order chi connectivity index (χ1) is 17.9. The first kappa shape index (κ1) is 24.3. The first-order valence-electron chi connectivity index (χ1n) is 11.6. The third kappa shape index (κ3) is 4.58. The lowest BCUT2D eigenvalue weighted by atomic mass is 10.0. The molecule has 2 aromatic carbocycles. The number of rotatable bonds is 7. The number of nitrogens with zero attached hydrogens (tertiary/aromatic N) is 4. The molecule has 1 fully saturated rings. The van der Waals surface area contributed by atoms with E-state index in [1.807, 2.05) is 78.5 Å². The van der Waals surface area contributed by atoms with E-state index in [4.69, 9.17) is 21.4 Å². The molecule has 0 saturated carbocycles. The van der Waals surface area contributed by atoms with E-state index in [1.54, 1.807) is 12.3 Å². The maximum atomic E-state index is 11.2. The number of nitrogens with one attached hydrogen (secondary N) is 1. The van der Waals surface area contributed by atoms with E-state index in [9.17, 15) is 10.1 Å². The van der Waals surface area contributed by atoms with Crippen LogP contribution in [0.4, 0.5) is 17.1 Å². The second-order valence-electron chi connectivity index (χ2n) is 8.75. The minimum atomic E-state index is -0.456. The van der Waals surface area contributed by atoms with Gasteiger partial charge in [-0.3, -0.25) is 15.1 Å². The second kappa shape index (κ2) is 9.90. The van der Waals surface area contributed by atoms with Gasteiger partial charge in [-0.1, -0.05) is 6.07 Å². The van der Waals surface area contributed by atoms with Crippen molar-refractivity contribution in [1.29, 1.82) is 0 Å². The van der Waals surface area contributed by atoms with Gasteiger partial charge in [0.25, 0.3) is 5.69 Å². The van der Waals surface area contributed by atoms with Gasteiger partial charge in [0, 0.05) is 37.7 Å². The molecule has 3 heterocycles. The predicted molar refractivity (Wildman–Crippen MR) is 146 cm³/mol. The van der Waals surface area contributed by atoms with Crippen LogP contribution in [0.5, 0.6) is 5.75 Å². The zero-order valence-electron chi connectivity index (χ0n) is 20.5. The van der Waals surface area contributed by atoms with Crippen LogP contribution in [0.2, 0.25) is 0 Å². The lowest BCUT2D eigenvalue weighted by molar-refractivity contribution is -0.384. The summed E-state index contributed by atoms with van der Waals surface area (Å²) >= 11 is 5.79. The summed E-state index contributed by atoms with van der Waals surface area (Å²) in [5.41, 5.74) is 3.38. The Morgan fingerprint density at radius 1 is 1.11 bits per heavy atom. The minimum absolute atomic E-state index is 0.0553. The molecule has 37 heavy (non-hydrogen) atoms. The van der Waals surface area contributed by atoms with Gasteiger partial charge in [0.05, 0.1) is 35.4 Å². The van der Waals surface area contributed by atoms with E-state index in [-0.39, 0.29) is 17.8 Å². The summed E-state index contributed by atoms with van der Waals surface area (Å²) in [4.78, 5) is 19.4. The monoisotopic (exact) mass is 515 g/mol. The number of ether oxygens (including phenoxy) is 1. The molecular weight excluding hydrogens is 490 g/mol. The van der Waals surface area contributed by atoms with Crippen LogP contribution in [-0.2, 0) is 0 Å². The second-order valence-corrected chi connectivity index (χ2v) is 9.14. The molecule has 0 spiro atoms. The molecule has 10 heteroatoms. The maximum Gasteiger partial charge on any atom is 0.273 e. The number of aromatic nitrogens is 1. The van der Waals surface area contributed by atoms with Crippen molar-refractivity contribution < 1.29 is 14.1 Å². The van der Waals surface area contributed by atoms with Gasteiger partial charge in [-0.25, -0.2) is 0 Å². The van der Waals surface area contributed by atoms with Gasteiger partial charge in [-0.2, -0.15) is 0 Å². The number of methoxy groups -OCH3 is 1. The zero-order chi connectivity index (χ0) is 26.1. The molecule has 4 aromatic rings. The van der Waals surface area contributed by atoms with E-state index in [0.29, 0.717) is 27.9 Å². The summed E-state index contributed by atoms with van der Waals surface area (Å²) in [5, 5.41) is 15.2. The van der Waals surface area contributed by atoms with Gasteiger partial charge in [-0.05, 0) is 66.8 Å². The fraction of sp³-hybridized carbons (Fsp3) is 0.185. The van der Waals surface area contributed by atoms with Crippen LogP contribution in [0.3, 0.4) is 0 Å². The normalized spacial score (nSPS) is 16.9. The summed E-state index contributed by atoms with van der Waals surface area (Å²) in [6, 6.07) is 21.5. The van der Waals surface area contributed by atoms with Crippen molar-refractivity contribution in [3.05, 3.63) is 101 Å². The van der Waals surface area contributed by atoms with Crippen LogP contribution < -0.4 is 19.9 Å². The third-order valence-corrected chi connectivity index (χ3v) is 6.64. The molecule has 2 atom stereocenters. The average Bonchev–Trinajstić information content (AvgIpc) is 3.53. The van der Waals surface area contributed by atoms with Crippen LogP contribution in [-0.4, -0.2) is 36.2 Å². The Kier molecular flexibility index (Phi) is 6.49. The Morgan fingerprint density at radius 2 is 1.89 bits per heavy atom. The first-order valence-corrected chi connectivity index (χ1v) is 12.0. The fourth-order valence-corrected chi connectivity index (χ4v) is 4.83. The summed E-state index contributed by atoms with van der Waals surface area (Å²) in [6.45, 7) is 0. The van der Waals surface area contributed by atoms with Crippen LogP contribution >= 0.6 is 12.2 Å². The highest BCUT2D eigenvalue weighted by Crippen LogP contribution is 2.44. The van der Waals surface area contributed by atoms with Gasteiger partial charge >= 0.3 is 0 Å². The molecule has 1 saturated heterocycles. The van der Waals surface area contributed by atoms with Crippen LogP contribution in [0, 0.1) is 10.1 Å². The number of pyridine rings is 1. The number of nitro groups is 1. The van der Waals surface area contributed by atoms with E-state index < -0.39 is 4.92 Å². The van der Waals surface area contributed by atoms with Crippen molar-refractivity contribution >= 4 is 34.4 Å². The smallest absolute Gasteiger partial charge is 0.273 e. The summed E-state index contributed by atoms with van der Waals surface area (Å²) in [5.74, 6) is 1.55. The molecule has 1 N–H and O–H groups in total. The summed E-state index contributed by atoms with van der Waals surface area (Å²) < 4.78 is 11.8. The van der Waals surface area contributed by atoms with Gasteiger partial charge in [0.2, 0.25) is 0 Å². The van der Waals surface area contributed by atoms with Crippen molar-refractivity contribution in [2.24, 2.45) is 0 Å². The highest BCUT2D eigenvalue weighted by Gasteiger charge is 2.42. The Morgan fingerprint density at radius 3 is 2.54 bits per heavy atom. The quantitative estimate of drug-likeness (QED) is 0.194. The molecule has 1 aliphatic rings. The standard InChI is InChI=1S/C27H25N5O4S/c1-30(2)17-7-9-18(10-8-17)31-26(25(29-27(31)37)21-6-4-5-15-28-21)23-14-13-22(36-23)20-12-11-19(32(33)34)16-24(20)35-3/h4-16,25-26H,1-3H3,(H,29,37)/t25-,26+/m0/s1. The predicted octanol–water partition coefficient (Wildman–Crippen LogP) is 5.50. The summed E-state index contributed by atoms with van der Waals surface area (Å²) in [6.07, 6.45) is 1.75. The molecule has 0 unspecified atom stereocenters. The van der Waals surface area contributed by atoms with Gasteiger partial charge in [0.15, 0.2) is 5.11 Å². The largest absolute Gasteiger partial charge is 0.496 e. The van der Waals surface area contributed by atoms with Crippen molar-refractivity contribution in [2.75, 3.05) is 31.0 Å². The highest BCUT2D eigenvalue weighted by atomic mass is 32.1. The Labute approximate surface area is 219 Å². The van der Waals surface area contributed by atoms with Crippen molar-refractivity contribution in [1.82, 2.24) is 10.3 Å². The van der Waals surface area contributed by atoms with Crippen molar-refractivity contribution in [3.8, 4) is 17.1 Å². The molecule has 188 valence electrons. The number of anilines is 2. The topological polar surface area (TPSA) is 96.9 Å². The lowest BCUT2D eigenvalue weighted by Gasteiger charge is -2.26. The number of thiocarbonyl (C=S) groups is 1. The van der Waals surface area contributed by atoms with E-state index >= 15 is 0 Å². The van der Waals surface area contributed by atoms with Crippen molar-refractivity contribution in [3.63, 3.8) is 0 Å². The molecular formula is C27H25N5O4S. The zero-order valence-corrected chi connectivity index (χ0v) is 21.3. The van der Waals surface area contributed by atoms with E-state index in [0.717, 1.165) is 17.1 Å². The highest BCUT2D eigenvalue weighted by molar-refractivity contribution is 7.80. The van der Waals surface area contributed by atoms with Crippen LogP contribution in [0.25, 0.3) is 11.3 Å². The number of benzene rings is 2. The van der Waals surface area contributed by atoms with Gasteiger partial charge in [0.1, 0.15) is 23.3 Å². The molecule has 1 aliphatic heterocycles. The van der Waals surface area contributed by atoms with Gasteiger partial charge < -0.3 is 24.3 Å². The molecule has 0 amide bonds. The lowest BCUT2D eigenvalue weighted by Crippen LogP contribution is -2.29. The Hall–Kier alpha value is -4.44. The molecule has 2 aromatic heterocycles. The summed E-state index contributed by atoms with van der Waals surface area (Å²) in [7, 11) is 5.46. The van der Waals surface area contributed by atoms with Crippen LogP contribution in [0.1, 0.15) is 23.5 Å². The van der Waals surface area contributed by atoms with E-state index in [1.165, 1.54) is 19.2 Å². The molecule has 9 nitrogen and oxygen atoms in total. The number of hydrogen-bond acceptors (Lipinski definition) is 7. The maximum absolute atomic E-state index is 11.2. The molecule has 0 radical (unpaired) electrons. The third-order valence-electron chi connectivity index (χ3n) is 6.32. The van der Waals surface area contributed by atoms with Gasteiger partial charge in [-0.15, -0.1) is 0 Å². The SMILES string of the molecule is COc1cc([N+](=O)[O-])ccc1-c1ccc([C@@H]2[C@H](c3ccccn3)NC(=S)N2c2ccc(N(C)C)cc2)o1. The number of furan rings is 1. The number of non-ortho nitro benzene ring substituents is 1. The molecule has 0 aliphatic carbocycles. The van der Waals surface area contributed by atoms with E-state index in [2.05, 4.69) is 10.3 Å². The Bertz CT molecular complexity index is 1440. The van der Waals surface area contributed by atoms with Crippen LogP contribution in [0.15, 0.2) is 83.4 Å². The Balaban J connectivity index is 1.58. The van der Waals surface area contributed by atoms with Crippen molar-refractivity contribution in [2.45, 2.75) is 12.1 Å².